The molecule has 5 nitrogen and oxygen atoms in total. The summed E-state index contributed by atoms with van der Waals surface area (Å²) in [6.07, 6.45) is 1.90. The molecule has 0 bridgehead atoms. The van der Waals surface area contributed by atoms with Crippen LogP contribution in [0.1, 0.15) is 33.6 Å². The third-order valence-corrected chi connectivity index (χ3v) is 2.95. The van der Waals surface area contributed by atoms with Crippen LogP contribution in [0.2, 0.25) is 0 Å². The van der Waals surface area contributed by atoms with Crippen molar-refractivity contribution >= 4 is 6.09 Å². The van der Waals surface area contributed by atoms with Crippen molar-refractivity contribution in [3.63, 3.8) is 0 Å². The molecule has 1 aliphatic rings. The fourth-order valence-electron chi connectivity index (χ4n) is 2.20. The summed E-state index contributed by atoms with van der Waals surface area (Å²) in [5.74, 6) is 0.456. The molecule has 0 aliphatic carbocycles. The summed E-state index contributed by atoms with van der Waals surface area (Å²) < 4.78 is 5.20. The van der Waals surface area contributed by atoms with Crippen LogP contribution in [-0.2, 0) is 4.74 Å². The third-order valence-electron chi connectivity index (χ3n) is 2.95. The summed E-state index contributed by atoms with van der Waals surface area (Å²) in [7, 11) is 0. The maximum Gasteiger partial charge on any atom is 0.407 e. The Labute approximate surface area is 109 Å². The van der Waals surface area contributed by atoms with Crippen LogP contribution in [-0.4, -0.2) is 54.5 Å². The predicted octanol–water partition coefficient (Wildman–Crippen LogP) is 1.22. The molecular weight excluding hydrogens is 232 g/mol. The number of likely N-dealkylation sites (tertiary alicyclic amines) is 1. The van der Waals surface area contributed by atoms with Crippen molar-refractivity contribution in [1.29, 1.82) is 0 Å². The van der Waals surface area contributed by atoms with Crippen LogP contribution in [0.3, 0.4) is 0 Å². The van der Waals surface area contributed by atoms with E-state index in [9.17, 15) is 4.79 Å². The molecule has 0 radical (unpaired) electrons. The number of hydrogen-bond donors (Lipinski definition) is 2. The van der Waals surface area contributed by atoms with Gasteiger partial charge in [0.15, 0.2) is 0 Å². The lowest BCUT2D eigenvalue weighted by molar-refractivity contribution is 0.0504. The number of alkyl carbamates (subject to hydrolysis) is 1. The monoisotopic (exact) mass is 258 g/mol. The standard InChI is InChI=1S/C13H26N2O3/c1-13(2,3)18-12(17)14-9-11-5-4-6-15(10-11)7-8-16/h11,16H,4-10H2,1-3H3,(H,14,17). The van der Waals surface area contributed by atoms with Gasteiger partial charge in [0.25, 0.3) is 0 Å². The molecular formula is C13H26N2O3. The van der Waals surface area contributed by atoms with Gasteiger partial charge in [-0.1, -0.05) is 0 Å². The Morgan fingerprint density at radius 3 is 2.83 bits per heavy atom. The van der Waals surface area contributed by atoms with Crippen LogP contribution >= 0.6 is 0 Å². The number of carbonyl (C=O) groups is 1. The molecule has 1 amide bonds. The maximum absolute atomic E-state index is 11.5. The number of carbonyl (C=O) groups excluding carboxylic acids is 1. The molecule has 1 rings (SSSR count). The molecule has 1 atom stereocenters. The highest BCUT2D eigenvalue weighted by molar-refractivity contribution is 5.67. The first kappa shape index (κ1) is 15.2. The molecule has 0 aromatic carbocycles. The van der Waals surface area contributed by atoms with E-state index in [2.05, 4.69) is 10.2 Å². The fraction of sp³-hybridized carbons (Fsp3) is 0.923. The van der Waals surface area contributed by atoms with Gasteiger partial charge in [-0.25, -0.2) is 4.79 Å². The summed E-state index contributed by atoms with van der Waals surface area (Å²) in [6.45, 7) is 9.13. The van der Waals surface area contributed by atoms with E-state index in [4.69, 9.17) is 9.84 Å². The summed E-state index contributed by atoms with van der Waals surface area (Å²) in [6, 6.07) is 0. The SMILES string of the molecule is CC(C)(C)OC(=O)NCC1CCCN(CCO)C1. The predicted molar refractivity (Wildman–Crippen MR) is 70.5 cm³/mol. The molecule has 2 N–H and O–H groups in total. The van der Waals surface area contributed by atoms with E-state index >= 15 is 0 Å². The third kappa shape index (κ3) is 6.21. The molecule has 1 unspecified atom stereocenters. The lowest BCUT2D eigenvalue weighted by atomic mass is 9.98. The van der Waals surface area contributed by atoms with Crippen molar-refractivity contribution < 1.29 is 14.6 Å². The van der Waals surface area contributed by atoms with Crippen LogP contribution < -0.4 is 5.32 Å². The maximum atomic E-state index is 11.5. The molecule has 1 saturated heterocycles. The van der Waals surface area contributed by atoms with Gasteiger partial charge in [0.1, 0.15) is 5.60 Å². The van der Waals surface area contributed by atoms with Crippen molar-refractivity contribution in [2.24, 2.45) is 5.92 Å². The van der Waals surface area contributed by atoms with Crippen LogP contribution in [0.25, 0.3) is 0 Å². The van der Waals surface area contributed by atoms with Gasteiger partial charge in [-0.15, -0.1) is 0 Å². The Bertz CT molecular complexity index is 261. The van der Waals surface area contributed by atoms with E-state index in [0.29, 0.717) is 12.5 Å². The average molecular weight is 258 g/mol. The number of ether oxygens (including phenoxy) is 1. The highest BCUT2D eigenvalue weighted by Gasteiger charge is 2.21. The number of piperidine rings is 1. The highest BCUT2D eigenvalue weighted by atomic mass is 16.6. The van der Waals surface area contributed by atoms with E-state index in [-0.39, 0.29) is 12.7 Å². The second-order valence-corrected chi connectivity index (χ2v) is 5.92. The number of nitrogens with one attached hydrogen (secondary N) is 1. The Kier molecular flexibility index (Phi) is 5.88. The van der Waals surface area contributed by atoms with Gasteiger partial charge in [0.2, 0.25) is 0 Å². The minimum Gasteiger partial charge on any atom is -0.444 e. The molecule has 0 aromatic heterocycles. The molecule has 0 aromatic rings. The van der Waals surface area contributed by atoms with Crippen molar-refractivity contribution in [1.82, 2.24) is 10.2 Å². The van der Waals surface area contributed by atoms with Crippen molar-refractivity contribution in [2.75, 3.05) is 32.8 Å². The van der Waals surface area contributed by atoms with E-state index in [1.165, 1.54) is 0 Å². The lowest BCUT2D eigenvalue weighted by Crippen LogP contribution is -2.42. The molecule has 0 saturated carbocycles. The summed E-state index contributed by atoms with van der Waals surface area (Å²) >= 11 is 0. The van der Waals surface area contributed by atoms with Gasteiger partial charge in [-0.3, -0.25) is 0 Å². The van der Waals surface area contributed by atoms with Crippen molar-refractivity contribution in [2.45, 2.75) is 39.2 Å². The molecule has 1 fully saturated rings. The van der Waals surface area contributed by atoms with Gasteiger partial charge in [-0.2, -0.15) is 0 Å². The largest absolute Gasteiger partial charge is 0.444 e. The molecule has 1 heterocycles. The fourth-order valence-corrected chi connectivity index (χ4v) is 2.20. The number of aliphatic hydroxyl groups excluding tert-OH is 1. The van der Waals surface area contributed by atoms with E-state index < -0.39 is 5.60 Å². The van der Waals surface area contributed by atoms with E-state index in [1.807, 2.05) is 20.8 Å². The number of nitrogens with zero attached hydrogens (tertiary/aromatic N) is 1. The first-order chi connectivity index (χ1) is 8.40. The molecule has 18 heavy (non-hydrogen) atoms. The summed E-state index contributed by atoms with van der Waals surface area (Å²) in [4.78, 5) is 13.8. The van der Waals surface area contributed by atoms with E-state index in [1.54, 1.807) is 0 Å². The van der Waals surface area contributed by atoms with Crippen LogP contribution in [0, 0.1) is 5.92 Å². The topological polar surface area (TPSA) is 61.8 Å². The summed E-state index contributed by atoms with van der Waals surface area (Å²) in [5.41, 5.74) is -0.445. The Morgan fingerprint density at radius 2 is 2.22 bits per heavy atom. The first-order valence-electron chi connectivity index (χ1n) is 6.71. The first-order valence-corrected chi connectivity index (χ1v) is 6.71. The van der Waals surface area contributed by atoms with E-state index in [0.717, 1.165) is 32.5 Å². The quantitative estimate of drug-likeness (QED) is 0.796. The highest BCUT2D eigenvalue weighted by Crippen LogP contribution is 2.15. The zero-order valence-electron chi connectivity index (χ0n) is 11.7. The van der Waals surface area contributed by atoms with Crippen LogP contribution in [0.4, 0.5) is 4.79 Å². The van der Waals surface area contributed by atoms with Gasteiger partial charge in [0, 0.05) is 19.6 Å². The van der Waals surface area contributed by atoms with Crippen LogP contribution in [0.5, 0.6) is 0 Å². The number of aliphatic hydroxyl groups is 1. The zero-order chi connectivity index (χ0) is 13.6. The minimum absolute atomic E-state index is 0.201. The minimum atomic E-state index is -0.445. The molecule has 106 valence electrons. The number of hydrogen-bond acceptors (Lipinski definition) is 4. The Balaban J connectivity index is 2.24. The number of rotatable bonds is 4. The lowest BCUT2D eigenvalue weighted by Gasteiger charge is -2.32. The Morgan fingerprint density at radius 1 is 1.50 bits per heavy atom. The number of amides is 1. The Hall–Kier alpha value is -0.810. The second kappa shape index (κ2) is 6.95. The number of β-amino-alcohol motifs (C(OH)–C–C–N with tert-alkyl or cyclic N) is 1. The average Bonchev–Trinajstić information content (AvgIpc) is 2.25. The van der Waals surface area contributed by atoms with Gasteiger partial charge in [0.05, 0.1) is 6.61 Å². The van der Waals surface area contributed by atoms with Gasteiger partial charge >= 0.3 is 6.09 Å². The molecule has 5 heteroatoms. The van der Waals surface area contributed by atoms with Crippen molar-refractivity contribution in [3.05, 3.63) is 0 Å². The normalized spacial score (nSPS) is 21.7. The zero-order valence-corrected chi connectivity index (χ0v) is 11.7. The van der Waals surface area contributed by atoms with Gasteiger partial charge < -0.3 is 20.1 Å². The smallest absolute Gasteiger partial charge is 0.407 e. The molecule has 0 spiro atoms. The van der Waals surface area contributed by atoms with Crippen molar-refractivity contribution in [3.8, 4) is 0 Å². The molecule has 1 aliphatic heterocycles. The second-order valence-electron chi connectivity index (χ2n) is 5.92. The van der Waals surface area contributed by atoms with Crippen LogP contribution in [0.15, 0.2) is 0 Å². The van der Waals surface area contributed by atoms with Gasteiger partial charge in [-0.05, 0) is 46.1 Å². The summed E-state index contributed by atoms with van der Waals surface area (Å²) in [5, 5.41) is 11.7.